The number of pyridine rings is 1. The first kappa shape index (κ1) is 18.0. The number of rotatable bonds is 6. The number of urea groups is 1. The lowest BCUT2D eigenvalue weighted by molar-refractivity contribution is -0.122. The van der Waals surface area contributed by atoms with Gasteiger partial charge in [-0.1, -0.05) is 6.92 Å². The Labute approximate surface area is 143 Å². The van der Waals surface area contributed by atoms with Gasteiger partial charge in [0.25, 0.3) is 0 Å². The van der Waals surface area contributed by atoms with Crippen LogP contribution in [0.25, 0.3) is 0 Å². The highest BCUT2D eigenvalue weighted by Gasteiger charge is 2.15. The summed E-state index contributed by atoms with van der Waals surface area (Å²) in [6.07, 6.45) is 6.18. The van der Waals surface area contributed by atoms with E-state index in [4.69, 9.17) is 0 Å². The highest BCUT2D eigenvalue weighted by atomic mass is 16.2. The van der Waals surface area contributed by atoms with Crippen molar-refractivity contribution in [2.24, 2.45) is 0 Å². The van der Waals surface area contributed by atoms with Crippen LogP contribution in [0.15, 0.2) is 18.3 Å². The molecule has 1 saturated heterocycles. The quantitative estimate of drug-likeness (QED) is 0.744. The Hall–Kier alpha value is -2.31. The van der Waals surface area contributed by atoms with Crippen molar-refractivity contribution in [2.75, 3.05) is 29.9 Å². The molecule has 1 fully saturated rings. The zero-order valence-corrected chi connectivity index (χ0v) is 14.5. The largest absolute Gasteiger partial charge is 0.357 e. The van der Waals surface area contributed by atoms with E-state index < -0.39 is 12.1 Å². The Kier molecular flexibility index (Phi) is 6.84. The second kappa shape index (κ2) is 9.10. The first-order valence-electron chi connectivity index (χ1n) is 8.66. The maximum atomic E-state index is 11.9. The summed E-state index contributed by atoms with van der Waals surface area (Å²) in [6, 6.07) is 2.75. The van der Waals surface area contributed by atoms with Gasteiger partial charge in [0, 0.05) is 19.6 Å². The molecule has 132 valence electrons. The van der Waals surface area contributed by atoms with Crippen LogP contribution in [-0.2, 0) is 4.79 Å². The first-order chi connectivity index (χ1) is 11.6. The summed E-state index contributed by atoms with van der Waals surface area (Å²) in [5.74, 6) is 0.749. The van der Waals surface area contributed by atoms with E-state index in [0.717, 1.165) is 25.3 Å². The summed E-state index contributed by atoms with van der Waals surface area (Å²) < 4.78 is 0. The summed E-state index contributed by atoms with van der Waals surface area (Å²) in [6.45, 7) is 6.30. The first-order valence-corrected chi connectivity index (χ1v) is 8.66. The number of anilines is 2. The number of aromatic nitrogens is 1. The van der Waals surface area contributed by atoms with Gasteiger partial charge in [0.15, 0.2) is 0 Å². The Morgan fingerprint density at radius 3 is 2.62 bits per heavy atom. The SMILES string of the molecule is CCCNC(=O)[C@@H](C)NC(=O)Nc1ccc(N2CCCCC2)nc1. The van der Waals surface area contributed by atoms with E-state index >= 15 is 0 Å². The van der Waals surface area contributed by atoms with E-state index in [1.54, 1.807) is 13.1 Å². The average Bonchev–Trinajstić information content (AvgIpc) is 2.61. The summed E-state index contributed by atoms with van der Waals surface area (Å²) >= 11 is 0. The van der Waals surface area contributed by atoms with E-state index in [9.17, 15) is 9.59 Å². The van der Waals surface area contributed by atoms with E-state index in [1.165, 1.54) is 19.3 Å². The zero-order valence-electron chi connectivity index (χ0n) is 14.5. The van der Waals surface area contributed by atoms with Crippen LogP contribution >= 0.6 is 0 Å². The van der Waals surface area contributed by atoms with Crippen LogP contribution in [0, 0.1) is 0 Å². The number of nitrogens with one attached hydrogen (secondary N) is 3. The molecule has 0 bridgehead atoms. The van der Waals surface area contributed by atoms with Gasteiger partial charge in [0.1, 0.15) is 11.9 Å². The highest BCUT2D eigenvalue weighted by Crippen LogP contribution is 2.18. The number of hydrogen-bond acceptors (Lipinski definition) is 4. The van der Waals surface area contributed by atoms with E-state index in [2.05, 4.69) is 25.8 Å². The van der Waals surface area contributed by atoms with Gasteiger partial charge in [-0.15, -0.1) is 0 Å². The number of carbonyl (C=O) groups is 2. The summed E-state index contributed by atoms with van der Waals surface area (Å²) in [5, 5.41) is 8.06. The summed E-state index contributed by atoms with van der Waals surface area (Å²) in [7, 11) is 0. The number of amides is 3. The lowest BCUT2D eigenvalue weighted by Crippen LogP contribution is -2.46. The Morgan fingerprint density at radius 1 is 1.25 bits per heavy atom. The summed E-state index contributed by atoms with van der Waals surface area (Å²) in [4.78, 5) is 30.4. The molecule has 3 amide bonds. The van der Waals surface area contributed by atoms with Gasteiger partial charge in [0.2, 0.25) is 5.91 Å². The lowest BCUT2D eigenvalue weighted by Gasteiger charge is -2.27. The molecule has 0 aromatic carbocycles. The van der Waals surface area contributed by atoms with Crippen LogP contribution in [-0.4, -0.2) is 42.6 Å². The fraction of sp³-hybridized carbons (Fsp3) is 0.588. The van der Waals surface area contributed by atoms with Crippen molar-refractivity contribution in [3.05, 3.63) is 18.3 Å². The van der Waals surface area contributed by atoms with Crippen molar-refractivity contribution in [1.29, 1.82) is 0 Å². The second-order valence-electron chi connectivity index (χ2n) is 6.06. The number of piperidine rings is 1. The molecule has 1 atom stereocenters. The molecule has 1 aromatic heterocycles. The molecule has 0 unspecified atom stereocenters. The van der Waals surface area contributed by atoms with Crippen LogP contribution in [0.3, 0.4) is 0 Å². The average molecular weight is 333 g/mol. The molecule has 2 rings (SSSR count). The fourth-order valence-corrected chi connectivity index (χ4v) is 2.60. The third kappa shape index (κ3) is 5.40. The van der Waals surface area contributed by atoms with Crippen molar-refractivity contribution >= 4 is 23.4 Å². The van der Waals surface area contributed by atoms with Crippen molar-refractivity contribution in [1.82, 2.24) is 15.6 Å². The molecule has 1 aromatic rings. The molecule has 2 heterocycles. The maximum Gasteiger partial charge on any atom is 0.319 e. The van der Waals surface area contributed by atoms with E-state index in [1.807, 2.05) is 19.1 Å². The lowest BCUT2D eigenvalue weighted by atomic mass is 10.1. The van der Waals surface area contributed by atoms with E-state index in [-0.39, 0.29) is 5.91 Å². The fourth-order valence-electron chi connectivity index (χ4n) is 2.60. The molecule has 7 nitrogen and oxygen atoms in total. The van der Waals surface area contributed by atoms with E-state index in [0.29, 0.717) is 12.2 Å². The molecule has 0 radical (unpaired) electrons. The van der Waals surface area contributed by atoms with Crippen LogP contribution < -0.4 is 20.9 Å². The second-order valence-corrected chi connectivity index (χ2v) is 6.06. The number of carbonyl (C=O) groups excluding carboxylic acids is 2. The molecule has 3 N–H and O–H groups in total. The van der Waals surface area contributed by atoms with Gasteiger partial charge < -0.3 is 20.9 Å². The predicted molar refractivity (Wildman–Crippen MR) is 95.2 cm³/mol. The zero-order chi connectivity index (χ0) is 17.4. The molecule has 1 aliphatic rings. The minimum Gasteiger partial charge on any atom is -0.357 e. The van der Waals surface area contributed by atoms with Gasteiger partial charge >= 0.3 is 6.03 Å². The normalized spacial score (nSPS) is 15.5. The molecule has 7 heteroatoms. The Bertz CT molecular complexity index is 540. The smallest absolute Gasteiger partial charge is 0.319 e. The van der Waals surface area contributed by atoms with Crippen molar-refractivity contribution in [3.63, 3.8) is 0 Å². The molecule has 1 aliphatic heterocycles. The van der Waals surface area contributed by atoms with Crippen LogP contribution in [0.1, 0.15) is 39.5 Å². The molecular formula is C17H27N5O2. The third-order valence-corrected chi connectivity index (χ3v) is 3.98. The molecular weight excluding hydrogens is 306 g/mol. The highest BCUT2D eigenvalue weighted by molar-refractivity contribution is 5.93. The minimum absolute atomic E-state index is 0.189. The number of nitrogens with zero attached hydrogens (tertiary/aromatic N) is 2. The van der Waals surface area contributed by atoms with Crippen LogP contribution in [0.2, 0.25) is 0 Å². The Morgan fingerprint density at radius 2 is 2.00 bits per heavy atom. The van der Waals surface area contributed by atoms with Crippen molar-refractivity contribution in [3.8, 4) is 0 Å². The van der Waals surface area contributed by atoms with Crippen molar-refractivity contribution in [2.45, 2.75) is 45.6 Å². The molecule has 0 spiro atoms. The monoisotopic (exact) mass is 333 g/mol. The van der Waals surface area contributed by atoms with Gasteiger partial charge in [-0.2, -0.15) is 0 Å². The standard InChI is InChI=1S/C17H27N5O2/c1-3-9-18-16(23)13(2)20-17(24)21-14-7-8-15(19-12-14)22-10-5-4-6-11-22/h7-8,12-13H,3-6,9-11H2,1-2H3,(H,18,23)(H2,20,21,24)/t13-/m1/s1. The topological polar surface area (TPSA) is 86.4 Å². The number of hydrogen-bond donors (Lipinski definition) is 3. The summed E-state index contributed by atoms with van der Waals surface area (Å²) in [5.41, 5.74) is 0.606. The van der Waals surface area contributed by atoms with Gasteiger partial charge in [-0.3, -0.25) is 4.79 Å². The third-order valence-electron chi connectivity index (χ3n) is 3.98. The Balaban J connectivity index is 1.82. The minimum atomic E-state index is -0.586. The van der Waals surface area contributed by atoms with Crippen LogP contribution in [0.4, 0.5) is 16.3 Å². The molecule has 24 heavy (non-hydrogen) atoms. The molecule has 0 aliphatic carbocycles. The van der Waals surface area contributed by atoms with Gasteiger partial charge in [-0.05, 0) is 44.7 Å². The van der Waals surface area contributed by atoms with Crippen LogP contribution in [0.5, 0.6) is 0 Å². The maximum absolute atomic E-state index is 11.9. The molecule has 0 saturated carbocycles. The van der Waals surface area contributed by atoms with Gasteiger partial charge in [-0.25, -0.2) is 9.78 Å². The van der Waals surface area contributed by atoms with Gasteiger partial charge in [0.05, 0.1) is 11.9 Å². The predicted octanol–water partition coefficient (Wildman–Crippen LogP) is 2.11. The van der Waals surface area contributed by atoms with Crippen molar-refractivity contribution < 1.29 is 9.59 Å².